The molecule has 2 rings (SSSR count). The van der Waals surface area contributed by atoms with Crippen LogP contribution in [0.5, 0.6) is 0 Å². The zero-order chi connectivity index (χ0) is 22.7. The van der Waals surface area contributed by atoms with Gasteiger partial charge in [0, 0.05) is 19.2 Å². The van der Waals surface area contributed by atoms with Crippen LogP contribution in [0.15, 0.2) is 12.5 Å². The zero-order valence-corrected chi connectivity index (χ0v) is 18.4. The third-order valence-corrected chi connectivity index (χ3v) is 4.52. The number of hydrogen-bond acceptors (Lipinski definition) is 6. The van der Waals surface area contributed by atoms with Crippen LogP contribution in [-0.4, -0.2) is 73.9 Å². The Kier molecular flexibility index (Phi) is 6.93. The third-order valence-electron chi connectivity index (χ3n) is 4.52. The normalized spacial score (nSPS) is 23.3. The summed E-state index contributed by atoms with van der Waals surface area (Å²) in [6, 6.07) is -0.999. The number of carboxylic acid groups (broad SMARTS) is 1. The van der Waals surface area contributed by atoms with Crippen LogP contribution in [0.25, 0.3) is 0 Å². The number of rotatable bonds is 8. The maximum atomic E-state index is 13.4. The Balaban J connectivity index is 2.46. The lowest BCUT2D eigenvalue weighted by Crippen LogP contribution is -2.66. The summed E-state index contributed by atoms with van der Waals surface area (Å²) < 4.78 is 12.1. The number of H-pyrrole nitrogens is 1. The molecule has 2 heterocycles. The van der Waals surface area contributed by atoms with E-state index in [0.717, 1.165) is 0 Å². The Morgan fingerprint density at radius 3 is 2.50 bits per heavy atom. The molecule has 0 aliphatic carbocycles. The number of carboxylic acids is 1. The van der Waals surface area contributed by atoms with Gasteiger partial charge >= 0.3 is 5.97 Å². The quantitative estimate of drug-likeness (QED) is 0.532. The molecule has 1 unspecified atom stereocenters. The summed E-state index contributed by atoms with van der Waals surface area (Å²) in [7, 11) is 0. The van der Waals surface area contributed by atoms with Crippen LogP contribution in [0.4, 0.5) is 0 Å². The topological polar surface area (TPSA) is 134 Å². The largest absolute Gasteiger partial charge is 0.478 e. The maximum Gasteiger partial charge on any atom is 0.360 e. The molecule has 30 heavy (non-hydrogen) atoms. The Bertz CT molecular complexity index is 752. The highest BCUT2D eigenvalue weighted by atomic mass is 16.6. The first-order chi connectivity index (χ1) is 13.8. The number of aliphatic carboxylic acids is 1. The first kappa shape index (κ1) is 23.8. The second-order valence-electron chi connectivity index (χ2n) is 9.32. The van der Waals surface area contributed by atoms with Gasteiger partial charge < -0.3 is 29.8 Å². The molecular formula is C20H32N4O6. The Labute approximate surface area is 176 Å². The van der Waals surface area contributed by atoms with Gasteiger partial charge in [0.25, 0.3) is 5.72 Å². The fourth-order valence-electron chi connectivity index (χ4n) is 3.61. The molecular weight excluding hydrogens is 392 g/mol. The summed E-state index contributed by atoms with van der Waals surface area (Å²) in [5.74, 6) is -1.89. The lowest BCUT2D eigenvalue weighted by molar-refractivity contribution is -0.255. The first-order valence-corrected chi connectivity index (χ1v) is 9.90. The first-order valence-electron chi connectivity index (χ1n) is 9.90. The van der Waals surface area contributed by atoms with Crippen molar-refractivity contribution in [2.75, 3.05) is 6.54 Å². The van der Waals surface area contributed by atoms with E-state index in [9.17, 15) is 19.5 Å². The highest BCUT2D eigenvalue weighted by Crippen LogP contribution is 2.39. The number of amides is 2. The Morgan fingerprint density at radius 1 is 1.37 bits per heavy atom. The molecule has 1 aromatic rings. The molecule has 0 aromatic carbocycles. The number of aromatic amines is 1. The number of carbonyl (C=O) groups excluding carboxylic acids is 2. The van der Waals surface area contributed by atoms with Crippen LogP contribution in [0.2, 0.25) is 0 Å². The van der Waals surface area contributed by atoms with Gasteiger partial charge in [0.1, 0.15) is 12.1 Å². The number of likely N-dealkylation sites (tertiary alicyclic amines) is 1. The minimum Gasteiger partial charge on any atom is -0.478 e. The number of nitrogens with zero attached hydrogens (tertiary/aromatic N) is 2. The fourth-order valence-corrected chi connectivity index (χ4v) is 3.61. The van der Waals surface area contributed by atoms with Crippen molar-refractivity contribution >= 4 is 18.3 Å². The minimum absolute atomic E-state index is 0.105. The van der Waals surface area contributed by atoms with Crippen LogP contribution < -0.4 is 5.32 Å². The van der Waals surface area contributed by atoms with Gasteiger partial charge in [0.15, 0.2) is 0 Å². The summed E-state index contributed by atoms with van der Waals surface area (Å²) in [6.45, 7) is 10.7. The number of ether oxygens (including phenoxy) is 2. The molecule has 0 radical (unpaired) electrons. The van der Waals surface area contributed by atoms with Gasteiger partial charge in [-0.2, -0.15) is 0 Å². The summed E-state index contributed by atoms with van der Waals surface area (Å²) in [5, 5.41) is 12.8. The van der Waals surface area contributed by atoms with E-state index >= 15 is 0 Å². The molecule has 1 aromatic heterocycles. The van der Waals surface area contributed by atoms with E-state index in [1.807, 2.05) is 20.8 Å². The van der Waals surface area contributed by atoms with Crippen molar-refractivity contribution in [3.63, 3.8) is 0 Å². The molecule has 0 bridgehead atoms. The van der Waals surface area contributed by atoms with E-state index in [4.69, 9.17) is 9.47 Å². The maximum absolute atomic E-state index is 13.4. The van der Waals surface area contributed by atoms with Gasteiger partial charge in [-0.15, -0.1) is 0 Å². The lowest BCUT2D eigenvalue weighted by atomic mass is 10.0. The second-order valence-corrected chi connectivity index (χ2v) is 9.32. The van der Waals surface area contributed by atoms with Gasteiger partial charge in [-0.25, -0.2) is 9.78 Å². The summed E-state index contributed by atoms with van der Waals surface area (Å²) >= 11 is 0. The van der Waals surface area contributed by atoms with Crippen molar-refractivity contribution < 1.29 is 29.0 Å². The molecule has 0 spiro atoms. The number of hydrogen-bond donors (Lipinski definition) is 3. The molecule has 2 amide bonds. The van der Waals surface area contributed by atoms with E-state index in [0.29, 0.717) is 12.1 Å². The van der Waals surface area contributed by atoms with Crippen molar-refractivity contribution in [1.82, 2.24) is 20.2 Å². The van der Waals surface area contributed by atoms with Crippen LogP contribution in [0, 0.1) is 0 Å². The standard InChI is InChI=1S/C20H32N4O6/c1-18(2,3)29-15-7-8-24(20(15,17(27)28)30-19(4,5)6)16(26)14(23-12-25)9-13-10-21-11-22-13/h10-12,14-15H,7-9H2,1-6H3,(H,21,22)(H,23,25)(H,27,28)/t14-,15?,20+/m0/s1. The third kappa shape index (κ3) is 5.37. The van der Waals surface area contributed by atoms with E-state index in [1.165, 1.54) is 11.2 Å². The van der Waals surface area contributed by atoms with Gasteiger partial charge in [0.05, 0.1) is 23.2 Å². The summed E-state index contributed by atoms with van der Waals surface area (Å²) in [5.41, 5.74) is -3.00. The van der Waals surface area contributed by atoms with Crippen molar-refractivity contribution in [3.05, 3.63) is 18.2 Å². The predicted molar refractivity (Wildman–Crippen MR) is 107 cm³/mol. The zero-order valence-electron chi connectivity index (χ0n) is 18.4. The molecule has 10 nitrogen and oxygen atoms in total. The average molecular weight is 424 g/mol. The fraction of sp³-hybridized carbons (Fsp3) is 0.700. The van der Waals surface area contributed by atoms with Crippen LogP contribution in [0.1, 0.15) is 53.7 Å². The molecule has 3 atom stereocenters. The summed E-state index contributed by atoms with van der Waals surface area (Å²) in [4.78, 5) is 45.3. The molecule has 0 saturated carbocycles. The van der Waals surface area contributed by atoms with Gasteiger partial charge in [-0.1, -0.05) is 0 Å². The van der Waals surface area contributed by atoms with Gasteiger partial charge in [-0.3, -0.25) is 9.59 Å². The molecule has 10 heteroatoms. The van der Waals surface area contributed by atoms with Crippen molar-refractivity contribution in [2.24, 2.45) is 0 Å². The molecule has 1 saturated heterocycles. The highest BCUT2D eigenvalue weighted by molar-refractivity contribution is 5.91. The van der Waals surface area contributed by atoms with E-state index < -0.39 is 40.9 Å². The van der Waals surface area contributed by atoms with Crippen molar-refractivity contribution in [3.8, 4) is 0 Å². The van der Waals surface area contributed by atoms with Crippen LogP contribution >= 0.6 is 0 Å². The molecule has 1 aliphatic heterocycles. The average Bonchev–Trinajstić information content (AvgIpc) is 3.20. The van der Waals surface area contributed by atoms with E-state index in [2.05, 4.69) is 15.3 Å². The van der Waals surface area contributed by atoms with Crippen LogP contribution in [0.3, 0.4) is 0 Å². The summed E-state index contributed by atoms with van der Waals surface area (Å²) in [6.07, 6.45) is 2.99. The smallest absolute Gasteiger partial charge is 0.360 e. The second kappa shape index (κ2) is 8.73. The van der Waals surface area contributed by atoms with E-state index in [1.54, 1.807) is 27.0 Å². The van der Waals surface area contributed by atoms with E-state index in [-0.39, 0.29) is 19.4 Å². The number of carbonyl (C=O) groups is 3. The minimum atomic E-state index is -2.03. The lowest BCUT2D eigenvalue weighted by Gasteiger charge is -2.44. The monoisotopic (exact) mass is 424 g/mol. The number of nitrogens with one attached hydrogen (secondary N) is 2. The SMILES string of the molecule is CC(C)(C)OC1CCN(C(=O)[C@H](Cc2c[nH]cn2)NC=O)[C@]1(OC(C)(C)C)C(=O)O. The van der Waals surface area contributed by atoms with Gasteiger partial charge in [-0.05, 0) is 48.0 Å². The molecule has 1 aliphatic rings. The van der Waals surface area contributed by atoms with Crippen molar-refractivity contribution in [2.45, 2.75) is 83.5 Å². The highest BCUT2D eigenvalue weighted by Gasteiger charge is 2.62. The Hall–Kier alpha value is -2.46. The molecule has 3 N–H and O–H groups in total. The number of aromatic nitrogens is 2. The van der Waals surface area contributed by atoms with Crippen LogP contribution in [-0.2, 0) is 30.3 Å². The van der Waals surface area contributed by atoms with Crippen molar-refractivity contribution in [1.29, 1.82) is 0 Å². The number of imidazole rings is 1. The predicted octanol–water partition coefficient (Wildman–Crippen LogP) is 1.08. The Morgan fingerprint density at radius 2 is 2.03 bits per heavy atom. The molecule has 1 fully saturated rings. The molecule has 168 valence electrons. The van der Waals surface area contributed by atoms with Gasteiger partial charge in [0.2, 0.25) is 12.3 Å².